The second kappa shape index (κ2) is 2.96. The Hall–Kier alpha value is -0.730. The minimum absolute atomic E-state index is 0.0208. The molecule has 0 aromatic rings. The highest BCUT2D eigenvalue weighted by atomic mass is 16.2. The van der Waals surface area contributed by atoms with E-state index in [4.69, 9.17) is 0 Å². The van der Waals surface area contributed by atoms with Crippen molar-refractivity contribution < 1.29 is 4.79 Å². The lowest BCUT2D eigenvalue weighted by Crippen LogP contribution is -2.43. The summed E-state index contributed by atoms with van der Waals surface area (Å²) in [4.78, 5) is 11.0. The molecule has 0 aromatic heterocycles. The maximum Gasteiger partial charge on any atom is 0.314 e. The number of nitrogens with one attached hydrogen (secondary N) is 2. The Balaban J connectivity index is 1.86. The summed E-state index contributed by atoms with van der Waals surface area (Å²) in [5.74, 6) is 1.67. The van der Waals surface area contributed by atoms with Crippen LogP contribution in [-0.2, 0) is 0 Å². The van der Waals surface area contributed by atoms with E-state index in [-0.39, 0.29) is 6.03 Å². The van der Waals surface area contributed by atoms with Crippen molar-refractivity contribution in [3.8, 4) is 0 Å². The van der Waals surface area contributed by atoms with Gasteiger partial charge >= 0.3 is 6.03 Å². The smallest absolute Gasteiger partial charge is 0.314 e. The average molecular weight is 168 g/mol. The van der Waals surface area contributed by atoms with Gasteiger partial charge in [0.25, 0.3) is 0 Å². The molecule has 0 aromatic carbocycles. The van der Waals surface area contributed by atoms with Crippen LogP contribution in [0.25, 0.3) is 0 Å². The SMILES string of the molecule is CNC(=O)NC1CC2CCC1C2. The Morgan fingerprint density at radius 2 is 2.17 bits per heavy atom. The Kier molecular flexibility index (Phi) is 1.95. The molecule has 2 bridgehead atoms. The van der Waals surface area contributed by atoms with Crippen LogP contribution in [0.3, 0.4) is 0 Å². The van der Waals surface area contributed by atoms with Gasteiger partial charge in [-0.2, -0.15) is 0 Å². The molecule has 0 heterocycles. The molecular formula is C9H16N2O. The molecule has 2 aliphatic rings. The minimum atomic E-state index is -0.0208. The lowest BCUT2D eigenvalue weighted by atomic mass is 9.95. The van der Waals surface area contributed by atoms with E-state index in [1.165, 1.54) is 25.7 Å². The van der Waals surface area contributed by atoms with Gasteiger partial charge in [-0.25, -0.2) is 4.79 Å². The highest BCUT2D eigenvalue weighted by Gasteiger charge is 2.39. The second-order valence-electron chi connectivity index (χ2n) is 4.00. The second-order valence-corrected chi connectivity index (χ2v) is 4.00. The van der Waals surface area contributed by atoms with Gasteiger partial charge in [0.1, 0.15) is 0 Å². The monoisotopic (exact) mass is 168 g/mol. The molecule has 2 amide bonds. The summed E-state index contributed by atoms with van der Waals surface area (Å²) in [6, 6.07) is 0.441. The summed E-state index contributed by atoms with van der Waals surface area (Å²) < 4.78 is 0. The largest absolute Gasteiger partial charge is 0.341 e. The average Bonchev–Trinajstić information content (AvgIpc) is 2.64. The first-order valence-electron chi connectivity index (χ1n) is 4.78. The van der Waals surface area contributed by atoms with Crippen LogP contribution in [0.15, 0.2) is 0 Å². The third-order valence-corrected chi connectivity index (χ3v) is 3.28. The van der Waals surface area contributed by atoms with Gasteiger partial charge in [0, 0.05) is 13.1 Å². The highest BCUT2D eigenvalue weighted by Crippen LogP contribution is 2.44. The molecule has 68 valence electrons. The number of carbonyl (C=O) groups excluding carboxylic acids is 1. The number of carbonyl (C=O) groups is 1. The first kappa shape index (κ1) is 7.90. The molecule has 0 aliphatic heterocycles. The first-order chi connectivity index (χ1) is 5.79. The van der Waals surface area contributed by atoms with Crippen LogP contribution in [0.1, 0.15) is 25.7 Å². The lowest BCUT2D eigenvalue weighted by molar-refractivity contribution is 0.232. The van der Waals surface area contributed by atoms with Crippen molar-refractivity contribution in [2.24, 2.45) is 11.8 Å². The van der Waals surface area contributed by atoms with Crippen molar-refractivity contribution in [1.29, 1.82) is 0 Å². The molecule has 2 N–H and O–H groups in total. The van der Waals surface area contributed by atoms with Crippen LogP contribution in [-0.4, -0.2) is 19.1 Å². The molecule has 3 nitrogen and oxygen atoms in total. The van der Waals surface area contributed by atoms with Crippen LogP contribution in [0.2, 0.25) is 0 Å². The predicted molar refractivity (Wildman–Crippen MR) is 46.8 cm³/mol. The Labute approximate surface area is 72.9 Å². The van der Waals surface area contributed by atoms with Crippen LogP contribution in [0, 0.1) is 11.8 Å². The fourth-order valence-electron chi connectivity index (χ4n) is 2.66. The molecule has 0 spiro atoms. The summed E-state index contributed by atoms with van der Waals surface area (Å²) in [5.41, 5.74) is 0. The van der Waals surface area contributed by atoms with Gasteiger partial charge in [-0.1, -0.05) is 6.42 Å². The molecule has 3 unspecified atom stereocenters. The van der Waals surface area contributed by atoms with Gasteiger partial charge in [0.2, 0.25) is 0 Å². The van der Waals surface area contributed by atoms with Crippen LogP contribution >= 0.6 is 0 Å². The van der Waals surface area contributed by atoms with Crippen LogP contribution in [0.4, 0.5) is 4.79 Å². The van der Waals surface area contributed by atoms with E-state index in [9.17, 15) is 4.79 Å². The van der Waals surface area contributed by atoms with Gasteiger partial charge in [-0.15, -0.1) is 0 Å². The van der Waals surface area contributed by atoms with E-state index in [1.807, 2.05) is 0 Å². The Morgan fingerprint density at radius 3 is 2.67 bits per heavy atom. The quantitative estimate of drug-likeness (QED) is 0.605. The van der Waals surface area contributed by atoms with E-state index >= 15 is 0 Å². The van der Waals surface area contributed by atoms with Gasteiger partial charge in [0.05, 0.1) is 0 Å². The molecule has 12 heavy (non-hydrogen) atoms. The molecule has 2 saturated carbocycles. The predicted octanol–water partition coefficient (Wildman–Crippen LogP) is 1.10. The molecule has 0 radical (unpaired) electrons. The van der Waals surface area contributed by atoms with Crippen LogP contribution < -0.4 is 10.6 Å². The van der Waals surface area contributed by atoms with Gasteiger partial charge in [-0.05, 0) is 31.1 Å². The van der Waals surface area contributed by atoms with E-state index in [1.54, 1.807) is 7.05 Å². The minimum Gasteiger partial charge on any atom is -0.341 e. The van der Waals surface area contributed by atoms with Gasteiger partial charge < -0.3 is 10.6 Å². The fourth-order valence-corrected chi connectivity index (χ4v) is 2.66. The van der Waals surface area contributed by atoms with Crippen molar-refractivity contribution in [2.75, 3.05) is 7.05 Å². The molecule has 0 saturated heterocycles. The highest BCUT2D eigenvalue weighted by molar-refractivity contribution is 5.73. The van der Waals surface area contributed by atoms with Crippen molar-refractivity contribution >= 4 is 6.03 Å². The zero-order valence-electron chi connectivity index (χ0n) is 7.47. The Morgan fingerprint density at radius 1 is 1.33 bits per heavy atom. The summed E-state index contributed by atoms with van der Waals surface area (Å²) >= 11 is 0. The van der Waals surface area contributed by atoms with E-state index < -0.39 is 0 Å². The van der Waals surface area contributed by atoms with Crippen molar-refractivity contribution in [3.63, 3.8) is 0 Å². The van der Waals surface area contributed by atoms with Crippen molar-refractivity contribution in [3.05, 3.63) is 0 Å². The zero-order valence-corrected chi connectivity index (χ0v) is 7.47. The molecule has 3 heteroatoms. The molecule has 2 fully saturated rings. The summed E-state index contributed by atoms with van der Waals surface area (Å²) in [6.07, 6.45) is 5.25. The van der Waals surface area contributed by atoms with Crippen molar-refractivity contribution in [2.45, 2.75) is 31.7 Å². The molecule has 2 aliphatic carbocycles. The summed E-state index contributed by atoms with van der Waals surface area (Å²) in [5, 5.41) is 5.61. The summed E-state index contributed by atoms with van der Waals surface area (Å²) in [7, 11) is 1.67. The van der Waals surface area contributed by atoms with E-state index in [0.717, 1.165) is 11.8 Å². The Bertz CT molecular complexity index is 193. The topological polar surface area (TPSA) is 41.1 Å². The van der Waals surface area contributed by atoms with Crippen molar-refractivity contribution in [1.82, 2.24) is 10.6 Å². The zero-order chi connectivity index (χ0) is 8.55. The standard InChI is InChI=1S/C9H16N2O/c1-10-9(12)11-8-5-6-2-3-7(8)4-6/h6-8H,2-5H2,1H3,(H2,10,11,12). The van der Waals surface area contributed by atoms with Crippen LogP contribution in [0.5, 0.6) is 0 Å². The number of hydrogen-bond acceptors (Lipinski definition) is 1. The summed E-state index contributed by atoms with van der Waals surface area (Å²) in [6.45, 7) is 0. The molecular weight excluding hydrogens is 152 g/mol. The fraction of sp³-hybridized carbons (Fsp3) is 0.889. The number of urea groups is 1. The maximum absolute atomic E-state index is 11.0. The number of hydrogen-bond donors (Lipinski definition) is 2. The maximum atomic E-state index is 11.0. The number of rotatable bonds is 1. The molecule has 3 atom stereocenters. The lowest BCUT2D eigenvalue weighted by Gasteiger charge is -2.22. The number of amides is 2. The first-order valence-corrected chi connectivity index (χ1v) is 4.78. The van der Waals surface area contributed by atoms with Gasteiger partial charge in [0.15, 0.2) is 0 Å². The third kappa shape index (κ3) is 1.28. The van der Waals surface area contributed by atoms with Gasteiger partial charge in [-0.3, -0.25) is 0 Å². The van der Waals surface area contributed by atoms with E-state index in [0.29, 0.717) is 6.04 Å². The van der Waals surface area contributed by atoms with E-state index in [2.05, 4.69) is 10.6 Å². The molecule has 2 rings (SSSR count). The third-order valence-electron chi connectivity index (χ3n) is 3.28. The number of fused-ring (bicyclic) bond motifs is 2. The normalized spacial score (nSPS) is 38.2.